The lowest BCUT2D eigenvalue weighted by atomic mass is 9.81. The van der Waals surface area contributed by atoms with Crippen LogP contribution in [0.15, 0.2) is 24.3 Å². The topological polar surface area (TPSA) is 20.2 Å². The van der Waals surface area contributed by atoms with Crippen LogP contribution in [0.2, 0.25) is 0 Å². The maximum atomic E-state index is 10.0. The maximum Gasteiger partial charge on any atom is 0.0608 e. The molecule has 0 heterocycles. The van der Waals surface area contributed by atoms with Gasteiger partial charge in [0.25, 0.3) is 0 Å². The van der Waals surface area contributed by atoms with Crippen LogP contribution in [0.25, 0.3) is 0 Å². The van der Waals surface area contributed by atoms with E-state index in [2.05, 4.69) is 38.1 Å². The molecule has 1 aromatic carbocycles. The Kier molecular flexibility index (Phi) is 3.65. The van der Waals surface area contributed by atoms with Gasteiger partial charge >= 0.3 is 0 Å². The lowest BCUT2D eigenvalue weighted by Crippen LogP contribution is -2.22. The number of rotatable bonds is 2. The predicted octanol–water partition coefficient (Wildman–Crippen LogP) is 3.83. The van der Waals surface area contributed by atoms with Crippen molar-refractivity contribution in [3.63, 3.8) is 0 Å². The summed E-state index contributed by atoms with van der Waals surface area (Å²) in [5, 5.41) is 10.0. The first-order chi connectivity index (χ1) is 7.68. The van der Waals surface area contributed by atoms with Gasteiger partial charge in [0.2, 0.25) is 0 Å². The summed E-state index contributed by atoms with van der Waals surface area (Å²) in [6.45, 7) is 4.43. The van der Waals surface area contributed by atoms with Crippen LogP contribution < -0.4 is 0 Å². The summed E-state index contributed by atoms with van der Waals surface area (Å²) in [5.41, 5.74) is 2.70. The van der Waals surface area contributed by atoms with Crippen LogP contribution >= 0.6 is 0 Å². The lowest BCUT2D eigenvalue weighted by Gasteiger charge is -2.28. The van der Waals surface area contributed by atoms with Crippen molar-refractivity contribution in [3.8, 4) is 0 Å². The molecular formula is C15H22O. The molecule has 1 fully saturated rings. The minimum Gasteiger partial charge on any atom is -0.392 e. The van der Waals surface area contributed by atoms with Gasteiger partial charge in [0.05, 0.1) is 6.10 Å². The fourth-order valence-electron chi connectivity index (χ4n) is 2.63. The largest absolute Gasteiger partial charge is 0.392 e. The highest BCUT2D eigenvalue weighted by Crippen LogP contribution is 2.33. The molecule has 0 aliphatic heterocycles. The molecule has 0 amide bonds. The SMILES string of the molecule is CC(C)c1ccc(C2CCCCC2O)cc1. The summed E-state index contributed by atoms with van der Waals surface area (Å²) < 4.78 is 0. The Morgan fingerprint density at radius 2 is 1.69 bits per heavy atom. The van der Waals surface area contributed by atoms with Crippen molar-refractivity contribution in [1.29, 1.82) is 0 Å². The number of aliphatic hydroxyl groups excluding tert-OH is 1. The van der Waals surface area contributed by atoms with E-state index in [1.165, 1.54) is 24.0 Å². The van der Waals surface area contributed by atoms with Crippen LogP contribution in [0, 0.1) is 0 Å². The van der Waals surface area contributed by atoms with Crippen molar-refractivity contribution in [2.75, 3.05) is 0 Å². The van der Waals surface area contributed by atoms with Crippen molar-refractivity contribution in [2.24, 2.45) is 0 Å². The Morgan fingerprint density at radius 1 is 1.06 bits per heavy atom. The second-order valence-electron chi connectivity index (χ2n) is 5.28. The van der Waals surface area contributed by atoms with E-state index in [0.717, 1.165) is 12.8 Å². The van der Waals surface area contributed by atoms with E-state index in [4.69, 9.17) is 0 Å². The van der Waals surface area contributed by atoms with E-state index in [1.54, 1.807) is 0 Å². The third kappa shape index (κ3) is 2.46. The average molecular weight is 218 g/mol. The Morgan fingerprint density at radius 3 is 2.25 bits per heavy atom. The minimum atomic E-state index is -0.126. The summed E-state index contributed by atoms with van der Waals surface area (Å²) >= 11 is 0. The summed E-state index contributed by atoms with van der Waals surface area (Å²) in [6.07, 6.45) is 4.42. The number of hydrogen-bond donors (Lipinski definition) is 1. The Labute approximate surface area is 98.5 Å². The number of aliphatic hydroxyl groups is 1. The van der Waals surface area contributed by atoms with E-state index in [1.807, 2.05) is 0 Å². The molecule has 0 spiro atoms. The Balaban J connectivity index is 2.14. The summed E-state index contributed by atoms with van der Waals surface area (Å²) in [4.78, 5) is 0. The van der Waals surface area contributed by atoms with E-state index in [0.29, 0.717) is 11.8 Å². The molecule has 0 bridgehead atoms. The zero-order valence-electron chi connectivity index (χ0n) is 10.3. The van der Waals surface area contributed by atoms with Crippen LogP contribution in [0.4, 0.5) is 0 Å². The van der Waals surface area contributed by atoms with Gasteiger partial charge < -0.3 is 5.11 Å². The monoisotopic (exact) mass is 218 g/mol. The summed E-state index contributed by atoms with van der Waals surface area (Å²) in [7, 11) is 0. The highest BCUT2D eigenvalue weighted by molar-refractivity contribution is 5.28. The smallest absolute Gasteiger partial charge is 0.0608 e. The molecule has 1 N–H and O–H groups in total. The van der Waals surface area contributed by atoms with Gasteiger partial charge in [-0.25, -0.2) is 0 Å². The quantitative estimate of drug-likeness (QED) is 0.800. The molecule has 0 aromatic heterocycles. The maximum absolute atomic E-state index is 10.0. The van der Waals surface area contributed by atoms with Crippen LogP contribution in [0.1, 0.15) is 62.5 Å². The molecule has 88 valence electrons. The van der Waals surface area contributed by atoms with E-state index in [9.17, 15) is 5.11 Å². The first kappa shape index (κ1) is 11.7. The molecule has 1 saturated carbocycles. The minimum absolute atomic E-state index is 0.126. The van der Waals surface area contributed by atoms with Gasteiger partial charge in [-0.15, -0.1) is 0 Å². The van der Waals surface area contributed by atoms with Crippen molar-refractivity contribution in [1.82, 2.24) is 0 Å². The molecule has 2 atom stereocenters. The zero-order valence-corrected chi connectivity index (χ0v) is 10.3. The molecule has 0 radical (unpaired) electrons. The fourth-order valence-corrected chi connectivity index (χ4v) is 2.63. The highest BCUT2D eigenvalue weighted by atomic mass is 16.3. The molecule has 2 unspecified atom stereocenters. The molecule has 0 saturated heterocycles. The third-order valence-corrected chi connectivity index (χ3v) is 3.76. The molecular weight excluding hydrogens is 196 g/mol. The molecule has 1 nitrogen and oxygen atoms in total. The molecule has 1 aromatic rings. The van der Waals surface area contributed by atoms with Gasteiger partial charge in [0.15, 0.2) is 0 Å². The standard InChI is InChI=1S/C15H22O/c1-11(2)12-7-9-13(10-8-12)14-5-3-4-6-15(14)16/h7-11,14-16H,3-6H2,1-2H3. The van der Waals surface area contributed by atoms with Gasteiger partial charge in [0.1, 0.15) is 0 Å². The van der Waals surface area contributed by atoms with E-state index >= 15 is 0 Å². The lowest BCUT2D eigenvalue weighted by molar-refractivity contribution is 0.106. The van der Waals surface area contributed by atoms with Gasteiger partial charge in [0, 0.05) is 5.92 Å². The number of benzene rings is 1. The van der Waals surface area contributed by atoms with Crippen LogP contribution in [-0.4, -0.2) is 11.2 Å². The Hall–Kier alpha value is -0.820. The second-order valence-corrected chi connectivity index (χ2v) is 5.28. The molecule has 1 heteroatoms. The number of hydrogen-bond acceptors (Lipinski definition) is 1. The second kappa shape index (κ2) is 5.01. The summed E-state index contributed by atoms with van der Waals surface area (Å²) in [6, 6.07) is 8.83. The van der Waals surface area contributed by atoms with E-state index in [-0.39, 0.29) is 6.10 Å². The van der Waals surface area contributed by atoms with Gasteiger partial charge in [-0.3, -0.25) is 0 Å². The van der Waals surface area contributed by atoms with Gasteiger partial charge in [-0.05, 0) is 29.9 Å². The molecule has 2 rings (SSSR count). The van der Waals surface area contributed by atoms with Crippen LogP contribution in [-0.2, 0) is 0 Å². The van der Waals surface area contributed by atoms with Gasteiger partial charge in [-0.2, -0.15) is 0 Å². The molecule has 16 heavy (non-hydrogen) atoms. The van der Waals surface area contributed by atoms with Crippen molar-refractivity contribution in [2.45, 2.75) is 57.5 Å². The average Bonchev–Trinajstić information content (AvgIpc) is 2.30. The molecule has 1 aliphatic rings. The highest BCUT2D eigenvalue weighted by Gasteiger charge is 2.24. The van der Waals surface area contributed by atoms with Crippen LogP contribution in [0.3, 0.4) is 0 Å². The fraction of sp³-hybridized carbons (Fsp3) is 0.600. The summed E-state index contributed by atoms with van der Waals surface area (Å²) in [5.74, 6) is 0.959. The van der Waals surface area contributed by atoms with Crippen molar-refractivity contribution in [3.05, 3.63) is 35.4 Å². The predicted molar refractivity (Wildman–Crippen MR) is 67.7 cm³/mol. The first-order valence-corrected chi connectivity index (χ1v) is 6.46. The third-order valence-electron chi connectivity index (χ3n) is 3.76. The first-order valence-electron chi connectivity index (χ1n) is 6.46. The van der Waals surface area contributed by atoms with Crippen LogP contribution in [0.5, 0.6) is 0 Å². The van der Waals surface area contributed by atoms with Crippen molar-refractivity contribution >= 4 is 0 Å². The Bertz CT molecular complexity index is 326. The zero-order chi connectivity index (χ0) is 11.5. The van der Waals surface area contributed by atoms with E-state index < -0.39 is 0 Å². The molecule has 1 aliphatic carbocycles. The van der Waals surface area contributed by atoms with Gasteiger partial charge in [-0.1, -0.05) is 51.0 Å². The van der Waals surface area contributed by atoms with Crippen molar-refractivity contribution < 1.29 is 5.11 Å². The normalized spacial score (nSPS) is 26.0.